The summed E-state index contributed by atoms with van der Waals surface area (Å²) in [7, 11) is 0. The van der Waals surface area contributed by atoms with Gasteiger partial charge in [-0.25, -0.2) is 0 Å². The van der Waals surface area contributed by atoms with Gasteiger partial charge in [0.25, 0.3) is 0 Å². The van der Waals surface area contributed by atoms with Crippen molar-refractivity contribution in [3.8, 4) is 17.2 Å². The van der Waals surface area contributed by atoms with Crippen molar-refractivity contribution in [2.45, 2.75) is 5.41 Å². The number of phenolic OH excluding ortho intramolecular Hbond substituents is 1. The van der Waals surface area contributed by atoms with E-state index in [0.29, 0.717) is 12.4 Å². The third-order valence-corrected chi connectivity index (χ3v) is 4.55. The standard InChI is InChI=1S/C16H13BrN2O2/c17-9-1-3-13-11(5-9)16(7-15(18)19-8-16)12-6-10(20)2-4-14(12)21-13/h1-7,19-20H,8,18H2/t16-/m1/s1. The highest BCUT2D eigenvalue weighted by Gasteiger charge is 2.43. The van der Waals surface area contributed by atoms with Crippen molar-refractivity contribution in [1.29, 1.82) is 0 Å². The number of phenols is 1. The number of halogens is 1. The van der Waals surface area contributed by atoms with Crippen LogP contribution in [0.4, 0.5) is 0 Å². The van der Waals surface area contributed by atoms with Gasteiger partial charge in [-0.2, -0.15) is 0 Å². The summed E-state index contributed by atoms with van der Waals surface area (Å²) in [4.78, 5) is 0. The molecule has 2 heterocycles. The first-order valence-corrected chi connectivity index (χ1v) is 7.41. The Hall–Kier alpha value is -2.14. The van der Waals surface area contributed by atoms with Crippen LogP contribution in [-0.2, 0) is 5.41 Å². The SMILES string of the molecule is NC1=C[C@]2(CN1)c1cc(O)ccc1Oc1ccc(Br)cc12. The lowest BCUT2D eigenvalue weighted by molar-refractivity contribution is 0.417. The van der Waals surface area contributed by atoms with E-state index in [1.165, 1.54) is 0 Å². The van der Waals surface area contributed by atoms with Crippen molar-refractivity contribution in [2.24, 2.45) is 5.73 Å². The second kappa shape index (κ2) is 4.18. The summed E-state index contributed by atoms with van der Waals surface area (Å²) >= 11 is 3.51. The highest BCUT2D eigenvalue weighted by atomic mass is 79.9. The van der Waals surface area contributed by atoms with Crippen molar-refractivity contribution in [3.05, 3.63) is 63.9 Å². The van der Waals surface area contributed by atoms with Crippen molar-refractivity contribution < 1.29 is 9.84 Å². The lowest BCUT2D eigenvalue weighted by Crippen LogP contribution is -2.34. The number of hydrogen-bond acceptors (Lipinski definition) is 4. The summed E-state index contributed by atoms with van der Waals surface area (Å²) in [6, 6.07) is 11.1. The number of ether oxygens (including phenoxy) is 1. The van der Waals surface area contributed by atoms with E-state index in [-0.39, 0.29) is 5.75 Å². The summed E-state index contributed by atoms with van der Waals surface area (Å²) < 4.78 is 6.96. The van der Waals surface area contributed by atoms with E-state index in [2.05, 4.69) is 21.2 Å². The molecular formula is C16H13BrN2O2. The molecule has 2 aliphatic heterocycles. The molecule has 0 aliphatic carbocycles. The van der Waals surface area contributed by atoms with E-state index in [1.54, 1.807) is 18.2 Å². The van der Waals surface area contributed by atoms with Crippen LogP contribution in [0.5, 0.6) is 17.2 Å². The van der Waals surface area contributed by atoms with Gasteiger partial charge >= 0.3 is 0 Å². The largest absolute Gasteiger partial charge is 0.508 e. The molecule has 4 rings (SSSR count). The molecule has 106 valence electrons. The van der Waals surface area contributed by atoms with Crippen LogP contribution in [-0.4, -0.2) is 11.7 Å². The van der Waals surface area contributed by atoms with Crippen molar-refractivity contribution in [2.75, 3.05) is 6.54 Å². The molecule has 0 saturated carbocycles. The van der Waals surface area contributed by atoms with Gasteiger partial charge in [-0.15, -0.1) is 0 Å². The van der Waals surface area contributed by atoms with Gasteiger partial charge in [0.05, 0.1) is 11.2 Å². The van der Waals surface area contributed by atoms with E-state index in [1.807, 2.05) is 24.3 Å². The molecule has 2 aliphatic rings. The smallest absolute Gasteiger partial charge is 0.132 e. The van der Waals surface area contributed by atoms with Gasteiger partial charge in [-0.1, -0.05) is 15.9 Å². The summed E-state index contributed by atoms with van der Waals surface area (Å²) in [5, 5.41) is 13.1. The molecule has 2 aromatic carbocycles. The van der Waals surface area contributed by atoms with E-state index < -0.39 is 5.41 Å². The van der Waals surface area contributed by atoms with E-state index in [0.717, 1.165) is 27.1 Å². The molecule has 0 bridgehead atoms. The second-order valence-corrected chi connectivity index (χ2v) is 6.26. The van der Waals surface area contributed by atoms with E-state index in [4.69, 9.17) is 10.5 Å². The van der Waals surface area contributed by atoms with Crippen LogP contribution in [0, 0.1) is 0 Å². The number of nitrogens with one attached hydrogen (secondary N) is 1. The number of nitrogens with two attached hydrogens (primary N) is 1. The van der Waals surface area contributed by atoms with Gasteiger partial charge in [0.2, 0.25) is 0 Å². The lowest BCUT2D eigenvalue weighted by Gasteiger charge is -2.35. The van der Waals surface area contributed by atoms with Gasteiger partial charge in [0.1, 0.15) is 17.2 Å². The minimum Gasteiger partial charge on any atom is -0.508 e. The highest BCUT2D eigenvalue weighted by Crippen LogP contribution is 2.51. The molecule has 0 saturated heterocycles. The zero-order valence-electron chi connectivity index (χ0n) is 11.1. The van der Waals surface area contributed by atoms with E-state index >= 15 is 0 Å². The summed E-state index contributed by atoms with van der Waals surface area (Å²) in [6.45, 7) is 0.641. The summed E-state index contributed by atoms with van der Waals surface area (Å²) in [6.07, 6.45) is 2.00. The normalized spacial score (nSPS) is 22.0. The van der Waals surface area contributed by atoms with Gasteiger partial charge in [-0.3, -0.25) is 0 Å². The molecule has 1 atom stereocenters. The highest BCUT2D eigenvalue weighted by molar-refractivity contribution is 9.10. The fourth-order valence-electron chi connectivity index (χ4n) is 3.11. The predicted molar refractivity (Wildman–Crippen MR) is 83.4 cm³/mol. The zero-order valence-corrected chi connectivity index (χ0v) is 12.6. The van der Waals surface area contributed by atoms with Crippen LogP contribution >= 0.6 is 15.9 Å². The molecule has 0 amide bonds. The molecular weight excluding hydrogens is 332 g/mol. The Morgan fingerprint density at radius 1 is 1.14 bits per heavy atom. The molecule has 1 spiro atoms. The fourth-order valence-corrected chi connectivity index (χ4v) is 3.48. The molecule has 0 fully saturated rings. The second-order valence-electron chi connectivity index (χ2n) is 5.35. The van der Waals surface area contributed by atoms with Crippen LogP contribution in [0.25, 0.3) is 0 Å². The van der Waals surface area contributed by atoms with Crippen molar-refractivity contribution >= 4 is 15.9 Å². The number of aromatic hydroxyl groups is 1. The maximum atomic E-state index is 9.86. The fraction of sp³-hybridized carbons (Fsp3) is 0.125. The average Bonchev–Trinajstić information content (AvgIpc) is 2.84. The Morgan fingerprint density at radius 3 is 2.57 bits per heavy atom. The van der Waals surface area contributed by atoms with Gasteiger partial charge < -0.3 is 20.9 Å². The van der Waals surface area contributed by atoms with Crippen molar-refractivity contribution in [1.82, 2.24) is 5.32 Å². The van der Waals surface area contributed by atoms with Crippen LogP contribution in [0.15, 0.2) is 52.8 Å². The van der Waals surface area contributed by atoms with Gasteiger partial charge in [0, 0.05) is 22.1 Å². The Labute approximate surface area is 130 Å². The molecule has 5 heteroatoms. The first-order valence-electron chi connectivity index (χ1n) is 6.62. The molecule has 2 aromatic rings. The maximum absolute atomic E-state index is 9.86. The number of rotatable bonds is 0. The zero-order chi connectivity index (χ0) is 14.6. The Kier molecular flexibility index (Phi) is 2.50. The average molecular weight is 345 g/mol. The van der Waals surface area contributed by atoms with Gasteiger partial charge in [-0.05, 0) is 42.5 Å². The predicted octanol–water partition coefficient (Wildman–Crippen LogP) is 2.95. The Morgan fingerprint density at radius 2 is 1.86 bits per heavy atom. The Balaban J connectivity index is 2.05. The number of hydrogen-bond donors (Lipinski definition) is 3. The molecule has 0 unspecified atom stereocenters. The van der Waals surface area contributed by atoms with Crippen LogP contribution in [0.3, 0.4) is 0 Å². The number of fused-ring (bicyclic) bond motifs is 4. The lowest BCUT2D eigenvalue weighted by atomic mass is 9.73. The van der Waals surface area contributed by atoms with E-state index in [9.17, 15) is 5.11 Å². The van der Waals surface area contributed by atoms with Crippen molar-refractivity contribution in [3.63, 3.8) is 0 Å². The minimum absolute atomic E-state index is 0.217. The van der Waals surface area contributed by atoms with Crippen LogP contribution in [0.2, 0.25) is 0 Å². The molecule has 0 radical (unpaired) electrons. The van der Waals surface area contributed by atoms with Crippen LogP contribution < -0.4 is 15.8 Å². The molecule has 0 aromatic heterocycles. The minimum atomic E-state index is -0.421. The quantitative estimate of drug-likeness (QED) is 0.687. The molecule has 21 heavy (non-hydrogen) atoms. The topological polar surface area (TPSA) is 67.5 Å². The number of benzene rings is 2. The molecule has 4 nitrogen and oxygen atoms in total. The third kappa shape index (κ3) is 1.74. The third-order valence-electron chi connectivity index (χ3n) is 4.06. The monoisotopic (exact) mass is 344 g/mol. The summed E-state index contributed by atoms with van der Waals surface area (Å²) in [5.74, 6) is 2.41. The first kappa shape index (κ1) is 12.6. The Bertz CT molecular complexity index is 734. The van der Waals surface area contributed by atoms with Crippen LogP contribution in [0.1, 0.15) is 11.1 Å². The molecule has 4 N–H and O–H groups in total. The summed E-state index contributed by atoms with van der Waals surface area (Å²) in [5.41, 5.74) is 7.49. The first-order chi connectivity index (χ1) is 10.1. The maximum Gasteiger partial charge on any atom is 0.132 e. The van der Waals surface area contributed by atoms with Gasteiger partial charge in [0.15, 0.2) is 0 Å².